The molecule has 4 nitrogen and oxygen atoms in total. The van der Waals surface area contributed by atoms with Gasteiger partial charge in [0.25, 0.3) is 0 Å². The van der Waals surface area contributed by atoms with Gasteiger partial charge in [-0.15, -0.1) is 0 Å². The van der Waals surface area contributed by atoms with E-state index in [-0.39, 0.29) is 0 Å². The zero-order valence-electron chi connectivity index (χ0n) is 10.2. The van der Waals surface area contributed by atoms with Gasteiger partial charge < -0.3 is 16.8 Å². The summed E-state index contributed by atoms with van der Waals surface area (Å²) < 4.78 is 0. The Morgan fingerprint density at radius 1 is 1.31 bits per heavy atom. The summed E-state index contributed by atoms with van der Waals surface area (Å²) in [4.78, 5) is 4.18. The van der Waals surface area contributed by atoms with Crippen molar-refractivity contribution in [1.29, 1.82) is 0 Å². The second-order valence-corrected chi connectivity index (χ2v) is 4.21. The molecule has 4 heteroatoms. The van der Waals surface area contributed by atoms with E-state index in [9.17, 15) is 0 Å². The summed E-state index contributed by atoms with van der Waals surface area (Å²) >= 11 is 0. The Bertz CT molecular complexity index is 325. The van der Waals surface area contributed by atoms with Crippen molar-refractivity contribution in [2.45, 2.75) is 45.6 Å². The third kappa shape index (κ3) is 3.96. The summed E-state index contributed by atoms with van der Waals surface area (Å²) in [5.41, 5.74) is 11.8. The van der Waals surface area contributed by atoms with Crippen LogP contribution in [0.15, 0.2) is 12.1 Å². The standard InChI is InChI=1S/C12H22N4/c1-3-4-5-6-9(2)15-11-8-7-10(13)12(14)16-11/h7-9H,3-6,13H2,1-2H3,(H3,14,15,16). The van der Waals surface area contributed by atoms with E-state index in [0.29, 0.717) is 17.5 Å². The summed E-state index contributed by atoms with van der Waals surface area (Å²) in [7, 11) is 0. The number of nitrogens with zero attached hydrogens (tertiary/aromatic N) is 1. The minimum atomic E-state index is 0.394. The normalized spacial score (nSPS) is 12.4. The number of pyridine rings is 1. The van der Waals surface area contributed by atoms with Gasteiger partial charge in [0, 0.05) is 6.04 Å². The third-order valence-corrected chi connectivity index (χ3v) is 2.59. The van der Waals surface area contributed by atoms with Crippen LogP contribution in [0.2, 0.25) is 0 Å². The maximum atomic E-state index is 5.64. The van der Waals surface area contributed by atoms with Crippen molar-refractivity contribution >= 4 is 17.3 Å². The van der Waals surface area contributed by atoms with E-state index < -0.39 is 0 Å². The molecule has 0 saturated heterocycles. The highest BCUT2D eigenvalue weighted by molar-refractivity contribution is 5.61. The number of hydrogen-bond donors (Lipinski definition) is 3. The fourth-order valence-electron chi connectivity index (χ4n) is 1.59. The molecule has 1 unspecified atom stereocenters. The van der Waals surface area contributed by atoms with Crippen LogP contribution in [-0.2, 0) is 0 Å². The Kier molecular flexibility index (Phi) is 4.89. The van der Waals surface area contributed by atoms with Gasteiger partial charge in [0.1, 0.15) is 11.6 Å². The van der Waals surface area contributed by atoms with Crippen molar-refractivity contribution in [2.24, 2.45) is 0 Å². The predicted molar refractivity (Wildman–Crippen MR) is 70.3 cm³/mol. The molecule has 1 atom stereocenters. The lowest BCUT2D eigenvalue weighted by molar-refractivity contribution is 0.614. The van der Waals surface area contributed by atoms with E-state index in [4.69, 9.17) is 11.5 Å². The largest absolute Gasteiger partial charge is 0.396 e. The summed E-state index contributed by atoms with van der Waals surface area (Å²) in [6, 6.07) is 4.06. The van der Waals surface area contributed by atoms with E-state index in [1.165, 1.54) is 19.3 Å². The SMILES string of the molecule is CCCCCC(C)Nc1ccc(N)c(N)n1. The van der Waals surface area contributed by atoms with Gasteiger partial charge in [0.15, 0.2) is 0 Å². The Morgan fingerprint density at radius 2 is 2.06 bits per heavy atom. The Balaban J connectivity index is 2.43. The molecule has 0 amide bonds. The monoisotopic (exact) mass is 222 g/mol. The number of rotatable bonds is 6. The zero-order chi connectivity index (χ0) is 12.0. The quantitative estimate of drug-likeness (QED) is 0.647. The minimum Gasteiger partial charge on any atom is -0.396 e. The summed E-state index contributed by atoms with van der Waals surface area (Å²) in [6.45, 7) is 4.37. The van der Waals surface area contributed by atoms with Gasteiger partial charge in [-0.05, 0) is 25.5 Å². The van der Waals surface area contributed by atoms with Crippen molar-refractivity contribution in [1.82, 2.24) is 4.98 Å². The lowest BCUT2D eigenvalue weighted by Crippen LogP contribution is -2.16. The smallest absolute Gasteiger partial charge is 0.149 e. The van der Waals surface area contributed by atoms with E-state index in [1.807, 2.05) is 6.07 Å². The topological polar surface area (TPSA) is 77.0 Å². The average Bonchev–Trinajstić information content (AvgIpc) is 2.24. The van der Waals surface area contributed by atoms with Crippen LogP contribution in [0.5, 0.6) is 0 Å². The first-order valence-electron chi connectivity index (χ1n) is 5.92. The molecule has 1 aromatic rings. The van der Waals surface area contributed by atoms with Crippen molar-refractivity contribution in [3.8, 4) is 0 Å². The van der Waals surface area contributed by atoms with E-state index >= 15 is 0 Å². The summed E-state index contributed by atoms with van der Waals surface area (Å²) in [6.07, 6.45) is 4.93. The Morgan fingerprint density at radius 3 is 2.69 bits per heavy atom. The van der Waals surface area contributed by atoms with Crippen molar-refractivity contribution in [3.05, 3.63) is 12.1 Å². The molecule has 90 valence electrons. The molecule has 0 aliphatic carbocycles. The molecular formula is C12H22N4. The molecule has 0 spiro atoms. The second kappa shape index (κ2) is 6.20. The number of nitrogens with one attached hydrogen (secondary N) is 1. The zero-order valence-corrected chi connectivity index (χ0v) is 10.2. The molecular weight excluding hydrogens is 200 g/mol. The number of hydrogen-bond acceptors (Lipinski definition) is 4. The molecule has 16 heavy (non-hydrogen) atoms. The summed E-state index contributed by atoms with van der Waals surface area (Å²) in [5.74, 6) is 1.20. The van der Waals surface area contributed by atoms with Gasteiger partial charge in [0.05, 0.1) is 5.69 Å². The average molecular weight is 222 g/mol. The maximum absolute atomic E-state index is 5.64. The molecule has 0 fully saturated rings. The van der Waals surface area contributed by atoms with Gasteiger partial charge in [0.2, 0.25) is 0 Å². The first-order valence-corrected chi connectivity index (χ1v) is 5.92. The van der Waals surface area contributed by atoms with Crippen LogP contribution in [-0.4, -0.2) is 11.0 Å². The first-order chi connectivity index (χ1) is 7.63. The van der Waals surface area contributed by atoms with E-state index in [1.54, 1.807) is 6.07 Å². The number of aromatic nitrogens is 1. The van der Waals surface area contributed by atoms with Crippen molar-refractivity contribution in [2.75, 3.05) is 16.8 Å². The molecule has 1 heterocycles. The highest BCUT2D eigenvalue weighted by Gasteiger charge is 2.04. The van der Waals surface area contributed by atoms with Gasteiger partial charge in [-0.3, -0.25) is 0 Å². The molecule has 1 aromatic heterocycles. The fourth-order valence-corrected chi connectivity index (χ4v) is 1.59. The van der Waals surface area contributed by atoms with Crippen LogP contribution in [0.3, 0.4) is 0 Å². The third-order valence-electron chi connectivity index (χ3n) is 2.59. The highest BCUT2D eigenvalue weighted by atomic mass is 15.0. The molecule has 0 aliphatic rings. The van der Waals surface area contributed by atoms with Crippen LogP contribution in [0.4, 0.5) is 17.3 Å². The van der Waals surface area contributed by atoms with Gasteiger partial charge in [-0.1, -0.05) is 26.2 Å². The number of nitrogens with two attached hydrogens (primary N) is 2. The number of nitrogen functional groups attached to an aromatic ring is 2. The molecule has 5 N–H and O–H groups in total. The van der Waals surface area contributed by atoms with Gasteiger partial charge >= 0.3 is 0 Å². The van der Waals surface area contributed by atoms with Crippen molar-refractivity contribution in [3.63, 3.8) is 0 Å². The van der Waals surface area contributed by atoms with Gasteiger partial charge in [-0.25, -0.2) is 4.98 Å². The van der Waals surface area contributed by atoms with Crippen LogP contribution >= 0.6 is 0 Å². The fraction of sp³-hybridized carbons (Fsp3) is 0.583. The lowest BCUT2D eigenvalue weighted by Gasteiger charge is -2.14. The van der Waals surface area contributed by atoms with Crippen LogP contribution in [0.25, 0.3) is 0 Å². The molecule has 0 aliphatic heterocycles. The Labute approximate surface area is 97.4 Å². The number of unbranched alkanes of at least 4 members (excludes halogenated alkanes) is 2. The maximum Gasteiger partial charge on any atom is 0.149 e. The predicted octanol–water partition coefficient (Wildman–Crippen LogP) is 2.63. The number of anilines is 3. The van der Waals surface area contributed by atoms with Crippen LogP contribution in [0, 0.1) is 0 Å². The molecule has 0 aromatic carbocycles. The van der Waals surface area contributed by atoms with Crippen LogP contribution < -0.4 is 16.8 Å². The highest BCUT2D eigenvalue weighted by Crippen LogP contribution is 2.16. The van der Waals surface area contributed by atoms with Gasteiger partial charge in [-0.2, -0.15) is 0 Å². The van der Waals surface area contributed by atoms with E-state index in [2.05, 4.69) is 24.1 Å². The second-order valence-electron chi connectivity index (χ2n) is 4.21. The Hall–Kier alpha value is -1.45. The van der Waals surface area contributed by atoms with Crippen molar-refractivity contribution < 1.29 is 0 Å². The minimum absolute atomic E-state index is 0.394. The molecule has 1 rings (SSSR count). The molecule has 0 saturated carbocycles. The lowest BCUT2D eigenvalue weighted by atomic mass is 10.1. The summed E-state index contributed by atoms with van der Waals surface area (Å²) in [5, 5.41) is 3.32. The van der Waals surface area contributed by atoms with E-state index in [0.717, 1.165) is 12.2 Å². The van der Waals surface area contributed by atoms with Crippen LogP contribution in [0.1, 0.15) is 39.5 Å². The molecule has 0 bridgehead atoms. The first kappa shape index (κ1) is 12.6. The molecule has 0 radical (unpaired) electrons.